The molecule has 6 heteroatoms. The highest BCUT2D eigenvalue weighted by Crippen LogP contribution is 2.24. The molecule has 0 heterocycles. The van der Waals surface area contributed by atoms with Gasteiger partial charge in [-0.3, -0.25) is 9.59 Å². The van der Waals surface area contributed by atoms with Crippen LogP contribution in [0.4, 0.5) is 0 Å². The van der Waals surface area contributed by atoms with Crippen molar-refractivity contribution in [2.75, 3.05) is 0 Å². The van der Waals surface area contributed by atoms with Crippen LogP contribution in [0.2, 0.25) is 10.0 Å². The SMILES string of the molecule is CC[C@@H](C)NC(=O)[C@@H](CC)N(Cc1ccc(Cl)c(Cl)c1)C(=O)CCc1ccccc1. The van der Waals surface area contributed by atoms with Crippen LogP contribution in [0.1, 0.15) is 51.2 Å². The van der Waals surface area contributed by atoms with Crippen molar-refractivity contribution >= 4 is 35.0 Å². The van der Waals surface area contributed by atoms with Crippen LogP contribution in [0, 0.1) is 0 Å². The van der Waals surface area contributed by atoms with Gasteiger partial charge in [0.15, 0.2) is 0 Å². The Morgan fingerprint density at radius 1 is 0.967 bits per heavy atom. The summed E-state index contributed by atoms with van der Waals surface area (Å²) < 4.78 is 0. The fourth-order valence-electron chi connectivity index (χ4n) is 3.23. The minimum absolute atomic E-state index is 0.0535. The molecule has 0 unspecified atom stereocenters. The molecule has 0 aliphatic heterocycles. The monoisotopic (exact) mass is 448 g/mol. The number of rotatable bonds is 10. The second-order valence-corrected chi connectivity index (χ2v) is 8.31. The van der Waals surface area contributed by atoms with Crippen LogP contribution >= 0.6 is 23.2 Å². The molecule has 0 aliphatic rings. The number of hydrogen-bond donors (Lipinski definition) is 1. The molecule has 4 nitrogen and oxygen atoms in total. The quantitative estimate of drug-likeness (QED) is 0.510. The fourth-order valence-corrected chi connectivity index (χ4v) is 3.56. The van der Waals surface area contributed by atoms with Gasteiger partial charge >= 0.3 is 0 Å². The van der Waals surface area contributed by atoms with Crippen LogP contribution in [-0.2, 0) is 22.6 Å². The molecule has 0 radical (unpaired) electrons. The van der Waals surface area contributed by atoms with Crippen LogP contribution in [-0.4, -0.2) is 28.8 Å². The number of nitrogens with zero attached hydrogens (tertiary/aromatic N) is 1. The number of carbonyl (C=O) groups excluding carboxylic acids is 2. The van der Waals surface area contributed by atoms with Gasteiger partial charge in [-0.2, -0.15) is 0 Å². The van der Waals surface area contributed by atoms with Gasteiger partial charge in [0.25, 0.3) is 0 Å². The van der Waals surface area contributed by atoms with E-state index in [0.717, 1.165) is 17.5 Å². The average molecular weight is 449 g/mol. The van der Waals surface area contributed by atoms with Crippen LogP contribution < -0.4 is 5.32 Å². The lowest BCUT2D eigenvalue weighted by Gasteiger charge is -2.31. The Morgan fingerprint density at radius 2 is 1.67 bits per heavy atom. The summed E-state index contributed by atoms with van der Waals surface area (Å²) in [7, 11) is 0. The molecule has 0 saturated carbocycles. The summed E-state index contributed by atoms with van der Waals surface area (Å²) in [6, 6.07) is 14.7. The summed E-state index contributed by atoms with van der Waals surface area (Å²) in [6.07, 6.45) is 2.32. The number of amides is 2. The molecule has 0 aliphatic carbocycles. The van der Waals surface area contributed by atoms with Gasteiger partial charge in [-0.25, -0.2) is 0 Å². The van der Waals surface area contributed by atoms with Gasteiger partial charge in [0.2, 0.25) is 11.8 Å². The Bertz CT molecular complexity index is 842. The number of halogens is 2. The van der Waals surface area contributed by atoms with Crippen molar-refractivity contribution in [3.05, 3.63) is 69.7 Å². The van der Waals surface area contributed by atoms with Gasteiger partial charge in [0.05, 0.1) is 10.0 Å². The second-order valence-electron chi connectivity index (χ2n) is 7.50. The van der Waals surface area contributed by atoms with Crippen LogP contribution in [0.3, 0.4) is 0 Å². The Labute approximate surface area is 189 Å². The number of hydrogen-bond acceptors (Lipinski definition) is 2. The third-order valence-electron chi connectivity index (χ3n) is 5.19. The van der Waals surface area contributed by atoms with E-state index in [4.69, 9.17) is 23.2 Å². The van der Waals surface area contributed by atoms with Crippen LogP contribution in [0.15, 0.2) is 48.5 Å². The molecular formula is C24H30Cl2N2O2. The lowest BCUT2D eigenvalue weighted by atomic mass is 10.1. The maximum atomic E-state index is 13.2. The molecule has 0 spiro atoms. The van der Waals surface area contributed by atoms with Crippen molar-refractivity contribution < 1.29 is 9.59 Å². The molecule has 0 aromatic heterocycles. The fraction of sp³-hybridized carbons (Fsp3) is 0.417. The largest absolute Gasteiger partial charge is 0.352 e. The molecule has 162 valence electrons. The Balaban J connectivity index is 2.23. The zero-order valence-electron chi connectivity index (χ0n) is 17.8. The first-order valence-electron chi connectivity index (χ1n) is 10.4. The maximum Gasteiger partial charge on any atom is 0.243 e. The van der Waals surface area contributed by atoms with E-state index in [2.05, 4.69) is 5.32 Å². The van der Waals surface area contributed by atoms with Crippen molar-refractivity contribution in [1.82, 2.24) is 10.2 Å². The summed E-state index contributed by atoms with van der Waals surface area (Å²) >= 11 is 12.2. The smallest absolute Gasteiger partial charge is 0.243 e. The van der Waals surface area contributed by atoms with E-state index in [1.807, 2.05) is 57.2 Å². The second kappa shape index (κ2) is 12.0. The Hall–Kier alpha value is -2.04. The van der Waals surface area contributed by atoms with E-state index in [0.29, 0.717) is 35.9 Å². The zero-order valence-corrected chi connectivity index (χ0v) is 19.3. The van der Waals surface area contributed by atoms with Gasteiger partial charge in [0.1, 0.15) is 6.04 Å². The first-order chi connectivity index (χ1) is 14.3. The predicted molar refractivity (Wildman–Crippen MR) is 124 cm³/mol. The molecule has 2 atom stereocenters. The van der Waals surface area contributed by atoms with E-state index in [1.165, 1.54) is 0 Å². The van der Waals surface area contributed by atoms with Gasteiger partial charge < -0.3 is 10.2 Å². The number of aryl methyl sites for hydroxylation is 1. The molecule has 2 amide bonds. The third-order valence-corrected chi connectivity index (χ3v) is 5.93. The van der Waals surface area contributed by atoms with E-state index >= 15 is 0 Å². The molecular weight excluding hydrogens is 419 g/mol. The summed E-state index contributed by atoms with van der Waals surface area (Å²) in [5.41, 5.74) is 1.93. The predicted octanol–water partition coefficient (Wildman–Crippen LogP) is 5.65. The van der Waals surface area contributed by atoms with Crippen molar-refractivity contribution in [3.8, 4) is 0 Å². The summed E-state index contributed by atoms with van der Waals surface area (Å²) in [5.74, 6) is -0.184. The standard InChI is InChI=1S/C24H30Cl2N2O2/c1-4-17(3)27-24(30)22(5-2)28(16-19-11-13-20(25)21(26)15-19)23(29)14-12-18-9-7-6-8-10-18/h6-11,13,15,17,22H,4-5,12,14,16H2,1-3H3,(H,27,30)/t17-,22-/m1/s1. The lowest BCUT2D eigenvalue weighted by Crippen LogP contribution is -2.50. The van der Waals surface area contributed by atoms with Crippen LogP contribution in [0.5, 0.6) is 0 Å². The third kappa shape index (κ3) is 7.03. The molecule has 2 aromatic rings. The van der Waals surface area contributed by atoms with Gasteiger partial charge in [-0.15, -0.1) is 0 Å². The van der Waals surface area contributed by atoms with E-state index in [-0.39, 0.29) is 17.9 Å². The summed E-state index contributed by atoms with van der Waals surface area (Å²) in [4.78, 5) is 27.8. The van der Waals surface area contributed by atoms with Crippen molar-refractivity contribution in [1.29, 1.82) is 0 Å². The lowest BCUT2D eigenvalue weighted by molar-refractivity contribution is -0.141. The number of carbonyl (C=O) groups is 2. The van der Waals surface area contributed by atoms with E-state index in [1.54, 1.807) is 17.0 Å². The number of benzene rings is 2. The van der Waals surface area contributed by atoms with Crippen LogP contribution in [0.25, 0.3) is 0 Å². The number of nitrogens with one attached hydrogen (secondary N) is 1. The minimum atomic E-state index is -0.545. The van der Waals surface area contributed by atoms with Gasteiger partial charge in [0, 0.05) is 19.0 Å². The molecule has 0 saturated heterocycles. The molecule has 0 bridgehead atoms. The Morgan fingerprint density at radius 3 is 2.27 bits per heavy atom. The van der Waals surface area contributed by atoms with Gasteiger partial charge in [-0.1, -0.05) is 73.4 Å². The molecule has 2 rings (SSSR count). The first kappa shape index (κ1) is 24.2. The minimum Gasteiger partial charge on any atom is -0.352 e. The summed E-state index contributed by atoms with van der Waals surface area (Å²) in [6.45, 7) is 6.21. The van der Waals surface area contributed by atoms with Crippen molar-refractivity contribution in [2.45, 2.75) is 65.1 Å². The normalized spacial score (nSPS) is 12.8. The summed E-state index contributed by atoms with van der Waals surface area (Å²) in [5, 5.41) is 3.91. The Kier molecular flexibility index (Phi) is 9.67. The molecule has 0 fully saturated rings. The topological polar surface area (TPSA) is 49.4 Å². The van der Waals surface area contributed by atoms with Crippen molar-refractivity contribution in [2.24, 2.45) is 0 Å². The first-order valence-corrected chi connectivity index (χ1v) is 11.2. The average Bonchev–Trinajstić information content (AvgIpc) is 2.75. The highest BCUT2D eigenvalue weighted by Gasteiger charge is 2.29. The molecule has 2 aromatic carbocycles. The highest BCUT2D eigenvalue weighted by atomic mass is 35.5. The molecule has 30 heavy (non-hydrogen) atoms. The highest BCUT2D eigenvalue weighted by molar-refractivity contribution is 6.42. The van der Waals surface area contributed by atoms with Gasteiger partial charge in [-0.05, 0) is 49.4 Å². The van der Waals surface area contributed by atoms with E-state index in [9.17, 15) is 9.59 Å². The maximum absolute atomic E-state index is 13.2. The zero-order chi connectivity index (χ0) is 22.1. The van der Waals surface area contributed by atoms with Crippen molar-refractivity contribution in [3.63, 3.8) is 0 Å². The van der Waals surface area contributed by atoms with E-state index < -0.39 is 6.04 Å². The molecule has 1 N–H and O–H groups in total.